The third-order valence-corrected chi connectivity index (χ3v) is 3.53. The van der Waals surface area contributed by atoms with Gasteiger partial charge in [0.1, 0.15) is 18.2 Å². The zero-order valence-corrected chi connectivity index (χ0v) is 13.7. The summed E-state index contributed by atoms with van der Waals surface area (Å²) in [4.78, 5) is 12.0. The predicted molar refractivity (Wildman–Crippen MR) is 89.4 cm³/mol. The van der Waals surface area contributed by atoms with Gasteiger partial charge in [0.25, 0.3) is 5.91 Å². The van der Waals surface area contributed by atoms with Gasteiger partial charge in [-0.1, -0.05) is 26.0 Å². The third-order valence-electron chi connectivity index (χ3n) is 3.53. The lowest BCUT2D eigenvalue weighted by Gasteiger charge is -2.15. The molecule has 2 aromatic rings. The largest absolute Gasteiger partial charge is 0.491 e. The monoisotopic (exact) mass is 315 g/mol. The zero-order chi connectivity index (χ0) is 16.8. The van der Waals surface area contributed by atoms with Crippen LogP contribution in [0, 0.1) is 5.82 Å². The Balaban J connectivity index is 1.83. The van der Waals surface area contributed by atoms with Crippen molar-refractivity contribution in [1.29, 1.82) is 0 Å². The van der Waals surface area contributed by atoms with Crippen LogP contribution in [-0.2, 0) is 0 Å². The van der Waals surface area contributed by atoms with Crippen LogP contribution in [0.15, 0.2) is 48.5 Å². The molecule has 2 rings (SSSR count). The van der Waals surface area contributed by atoms with E-state index in [0.717, 1.165) is 5.75 Å². The van der Waals surface area contributed by atoms with Crippen LogP contribution in [0.2, 0.25) is 0 Å². The molecule has 3 nitrogen and oxygen atoms in total. The third kappa shape index (κ3) is 5.09. The summed E-state index contributed by atoms with van der Waals surface area (Å²) >= 11 is 0. The molecular formula is C19H22FNO2. The molecule has 1 N–H and O–H groups in total. The summed E-state index contributed by atoms with van der Waals surface area (Å²) in [5.41, 5.74) is 1.69. The van der Waals surface area contributed by atoms with Crippen LogP contribution in [0.25, 0.3) is 0 Å². The number of amides is 1. The Morgan fingerprint density at radius 2 is 1.65 bits per heavy atom. The fourth-order valence-corrected chi connectivity index (χ4v) is 2.12. The van der Waals surface area contributed by atoms with E-state index < -0.39 is 0 Å². The first-order valence-corrected chi connectivity index (χ1v) is 7.75. The molecule has 0 unspecified atom stereocenters. The van der Waals surface area contributed by atoms with E-state index in [1.54, 1.807) is 0 Å². The number of hydrogen-bond donors (Lipinski definition) is 1. The molecule has 0 aliphatic rings. The molecule has 0 radical (unpaired) electrons. The van der Waals surface area contributed by atoms with Crippen molar-refractivity contribution in [2.24, 2.45) is 0 Å². The number of carbonyl (C=O) groups is 1. The number of benzene rings is 2. The maximum absolute atomic E-state index is 12.8. The van der Waals surface area contributed by atoms with Crippen LogP contribution >= 0.6 is 0 Å². The van der Waals surface area contributed by atoms with Crippen molar-refractivity contribution in [2.45, 2.75) is 32.7 Å². The second kappa shape index (κ2) is 7.77. The molecule has 4 heteroatoms. The number of nitrogens with one attached hydrogen (secondary N) is 1. The van der Waals surface area contributed by atoms with Gasteiger partial charge in [-0.15, -0.1) is 0 Å². The molecule has 1 amide bonds. The minimum Gasteiger partial charge on any atom is -0.491 e. The molecule has 0 aromatic heterocycles. The van der Waals surface area contributed by atoms with Gasteiger partial charge in [-0.3, -0.25) is 4.79 Å². The van der Waals surface area contributed by atoms with Crippen LogP contribution < -0.4 is 10.1 Å². The Hall–Kier alpha value is -2.36. The Morgan fingerprint density at radius 1 is 1.04 bits per heavy atom. The van der Waals surface area contributed by atoms with E-state index in [4.69, 9.17) is 4.74 Å². The fraction of sp³-hybridized carbons (Fsp3) is 0.316. The summed E-state index contributed by atoms with van der Waals surface area (Å²) in [7, 11) is 0. The van der Waals surface area contributed by atoms with Crippen molar-refractivity contribution in [2.75, 3.05) is 6.61 Å². The SMILES string of the molecule is CC(C)c1ccc(OC[C@@H](C)NC(=O)c2ccc(F)cc2)cc1. The Morgan fingerprint density at radius 3 is 2.22 bits per heavy atom. The van der Waals surface area contributed by atoms with Crippen molar-refractivity contribution in [3.8, 4) is 5.75 Å². The lowest BCUT2D eigenvalue weighted by Crippen LogP contribution is -2.36. The van der Waals surface area contributed by atoms with Gasteiger partial charge in [-0.2, -0.15) is 0 Å². The number of rotatable bonds is 6. The molecular weight excluding hydrogens is 293 g/mol. The Kier molecular flexibility index (Phi) is 5.74. The van der Waals surface area contributed by atoms with Gasteiger partial charge >= 0.3 is 0 Å². The number of hydrogen-bond acceptors (Lipinski definition) is 2. The van der Waals surface area contributed by atoms with Gasteiger partial charge in [-0.05, 0) is 54.8 Å². The maximum atomic E-state index is 12.8. The molecule has 0 saturated carbocycles. The Bertz CT molecular complexity index is 635. The number of halogens is 1. The average Bonchev–Trinajstić information content (AvgIpc) is 2.54. The van der Waals surface area contributed by atoms with Crippen molar-refractivity contribution in [1.82, 2.24) is 5.32 Å². The summed E-state index contributed by atoms with van der Waals surface area (Å²) < 4.78 is 18.5. The number of ether oxygens (including phenoxy) is 1. The van der Waals surface area contributed by atoms with Crippen LogP contribution in [-0.4, -0.2) is 18.6 Å². The fourth-order valence-electron chi connectivity index (χ4n) is 2.12. The summed E-state index contributed by atoms with van der Waals surface area (Å²) in [6.07, 6.45) is 0. The van der Waals surface area contributed by atoms with Gasteiger partial charge in [0.15, 0.2) is 0 Å². The van der Waals surface area contributed by atoms with Gasteiger partial charge in [0, 0.05) is 5.56 Å². The summed E-state index contributed by atoms with van der Waals surface area (Å²) in [5, 5.41) is 2.83. The minimum absolute atomic E-state index is 0.155. The van der Waals surface area contributed by atoms with Crippen LogP contribution in [0.3, 0.4) is 0 Å². The molecule has 0 aliphatic carbocycles. The van der Waals surface area contributed by atoms with E-state index in [0.29, 0.717) is 18.1 Å². The van der Waals surface area contributed by atoms with Crippen molar-refractivity contribution in [3.63, 3.8) is 0 Å². The summed E-state index contributed by atoms with van der Waals surface area (Å²) in [6, 6.07) is 13.3. The topological polar surface area (TPSA) is 38.3 Å². The lowest BCUT2D eigenvalue weighted by molar-refractivity contribution is 0.0926. The van der Waals surface area contributed by atoms with Crippen molar-refractivity contribution in [3.05, 3.63) is 65.5 Å². The van der Waals surface area contributed by atoms with Gasteiger partial charge in [0.05, 0.1) is 6.04 Å². The molecule has 0 spiro atoms. The average molecular weight is 315 g/mol. The maximum Gasteiger partial charge on any atom is 0.251 e. The molecule has 1 atom stereocenters. The molecule has 0 fully saturated rings. The van der Waals surface area contributed by atoms with E-state index in [1.807, 2.05) is 31.2 Å². The number of carbonyl (C=O) groups excluding carboxylic acids is 1. The van der Waals surface area contributed by atoms with Crippen molar-refractivity contribution >= 4 is 5.91 Å². The van der Waals surface area contributed by atoms with Gasteiger partial charge in [-0.25, -0.2) is 4.39 Å². The molecule has 23 heavy (non-hydrogen) atoms. The Labute approximate surface area is 136 Å². The second-order valence-corrected chi connectivity index (χ2v) is 5.92. The first-order chi connectivity index (χ1) is 11.0. The predicted octanol–water partition coefficient (Wildman–Crippen LogP) is 4.15. The molecule has 0 aliphatic heterocycles. The van der Waals surface area contributed by atoms with Crippen molar-refractivity contribution < 1.29 is 13.9 Å². The molecule has 122 valence electrons. The standard InChI is InChI=1S/C19H22FNO2/c1-13(2)15-6-10-18(11-7-15)23-12-14(3)21-19(22)16-4-8-17(20)9-5-16/h4-11,13-14H,12H2,1-3H3,(H,21,22)/t14-/m1/s1. The van der Waals surface area contributed by atoms with Gasteiger partial charge < -0.3 is 10.1 Å². The summed E-state index contributed by atoms with van der Waals surface area (Å²) in [5.74, 6) is 0.661. The van der Waals surface area contributed by atoms with E-state index in [1.165, 1.54) is 29.8 Å². The highest BCUT2D eigenvalue weighted by Gasteiger charge is 2.10. The normalized spacial score (nSPS) is 12.0. The zero-order valence-electron chi connectivity index (χ0n) is 13.7. The highest BCUT2D eigenvalue weighted by Crippen LogP contribution is 2.18. The van der Waals surface area contributed by atoms with Crippen LogP contribution in [0.1, 0.15) is 42.6 Å². The second-order valence-electron chi connectivity index (χ2n) is 5.92. The molecule has 0 heterocycles. The quantitative estimate of drug-likeness (QED) is 0.870. The van der Waals surface area contributed by atoms with E-state index in [-0.39, 0.29) is 17.8 Å². The smallest absolute Gasteiger partial charge is 0.251 e. The minimum atomic E-state index is -0.359. The van der Waals surface area contributed by atoms with Crippen LogP contribution in [0.4, 0.5) is 4.39 Å². The van der Waals surface area contributed by atoms with E-state index in [9.17, 15) is 9.18 Å². The lowest BCUT2D eigenvalue weighted by atomic mass is 10.0. The van der Waals surface area contributed by atoms with E-state index in [2.05, 4.69) is 19.2 Å². The van der Waals surface area contributed by atoms with Crippen LogP contribution in [0.5, 0.6) is 5.75 Å². The molecule has 0 bridgehead atoms. The summed E-state index contributed by atoms with van der Waals surface area (Å²) in [6.45, 7) is 6.52. The van der Waals surface area contributed by atoms with E-state index >= 15 is 0 Å². The first kappa shape index (κ1) is 17.0. The van der Waals surface area contributed by atoms with Gasteiger partial charge in [0.2, 0.25) is 0 Å². The highest BCUT2D eigenvalue weighted by molar-refractivity contribution is 5.94. The first-order valence-electron chi connectivity index (χ1n) is 7.75. The molecule has 0 saturated heterocycles. The molecule has 2 aromatic carbocycles. The highest BCUT2D eigenvalue weighted by atomic mass is 19.1.